The molecule has 0 aromatic heterocycles. The zero-order valence-electron chi connectivity index (χ0n) is 10.2. The van der Waals surface area contributed by atoms with E-state index < -0.39 is 0 Å². The van der Waals surface area contributed by atoms with Crippen LogP contribution in [0.25, 0.3) is 0 Å². The van der Waals surface area contributed by atoms with Crippen molar-refractivity contribution in [1.82, 2.24) is 0 Å². The zero-order valence-corrected chi connectivity index (χ0v) is 10.2. The molecule has 0 aliphatic rings. The molecule has 0 N–H and O–H groups in total. The van der Waals surface area contributed by atoms with Crippen molar-refractivity contribution in [2.45, 2.75) is 19.3 Å². The second kappa shape index (κ2) is 12.4. The molecule has 0 aromatic carbocycles. The first kappa shape index (κ1) is 15.3. The van der Waals surface area contributed by atoms with Gasteiger partial charge >= 0.3 is 5.97 Å². The molecule has 0 aliphatic heterocycles. The third kappa shape index (κ3) is 11.4. The number of rotatable bonds is 11. The fraction of sp³-hybridized carbons (Fsp3) is 0.909. The molecule has 0 atom stereocenters. The predicted molar refractivity (Wildman–Crippen MR) is 59.4 cm³/mol. The Morgan fingerprint density at radius 2 is 1.50 bits per heavy atom. The molecule has 0 aliphatic carbocycles. The van der Waals surface area contributed by atoms with Crippen LogP contribution in [0.4, 0.5) is 0 Å². The van der Waals surface area contributed by atoms with Gasteiger partial charge < -0.3 is 18.9 Å². The SMILES string of the molecule is COCCCOCCOCCCC(=O)OC. The molecule has 0 radical (unpaired) electrons. The number of hydrogen-bond acceptors (Lipinski definition) is 5. The lowest BCUT2D eigenvalue weighted by molar-refractivity contribution is -0.141. The van der Waals surface area contributed by atoms with E-state index in [9.17, 15) is 4.79 Å². The van der Waals surface area contributed by atoms with E-state index in [1.54, 1.807) is 7.11 Å². The maximum Gasteiger partial charge on any atom is 0.305 e. The molecule has 0 amide bonds. The van der Waals surface area contributed by atoms with Gasteiger partial charge in [-0.25, -0.2) is 0 Å². The Labute approximate surface area is 97.0 Å². The Hall–Kier alpha value is -0.650. The lowest BCUT2D eigenvalue weighted by Crippen LogP contribution is -2.08. The maximum absolute atomic E-state index is 10.7. The van der Waals surface area contributed by atoms with Gasteiger partial charge in [-0.3, -0.25) is 4.79 Å². The number of esters is 1. The highest BCUT2D eigenvalue weighted by atomic mass is 16.5. The number of methoxy groups -OCH3 is 2. The zero-order chi connectivity index (χ0) is 12.1. The van der Waals surface area contributed by atoms with E-state index in [2.05, 4.69) is 4.74 Å². The van der Waals surface area contributed by atoms with Crippen molar-refractivity contribution in [2.24, 2.45) is 0 Å². The summed E-state index contributed by atoms with van der Waals surface area (Å²) in [4.78, 5) is 10.7. The lowest BCUT2D eigenvalue weighted by Gasteiger charge is -2.05. The summed E-state index contributed by atoms with van der Waals surface area (Å²) in [5, 5.41) is 0. The van der Waals surface area contributed by atoms with Crippen molar-refractivity contribution in [3.63, 3.8) is 0 Å². The third-order valence-electron chi connectivity index (χ3n) is 1.91. The van der Waals surface area contributed by atoms with E-state index >= 15 is 0 Å². The molecule has 0 bridgehead atoms. The fourth-order valence-electron chi connectivity index (χ4n) is 1.05. The Morgan fingerprint density at radius 1 is 0.875 bits per heavy atom. The van der Waals surface area contributed by atoms with Gasteiger partial charge in [0, 0.05) is 33.4 Å². The normalized spacial score (nSPS) is 10.4. The average molecular weight is 234 g/mol. The highest BCUT2D eigenvalue weighted by Gasteiger charge is 1.98. The lowest BCUT2D eigenvalue weighted by atomic mass is 10.3. The van der Waals surface area contributed by atoms with Crippen LogP contribution >= 0.6 is 0 Å². The highest BCUT2D eigenvalue weighted by Crippen LogP contribution is 1.92. The van der Waals surface area contributed by atoms with Gasteiger partial charge in [-0.2, -0.15) is 0 Å². The van der Waals surface area contributed by atoms with Crippen LogP contribution in [0.3, 0.4) is 0 Å². The third-order valence-corrected chi connectivity index (χ3v) is 1.91. The van der Waals surface area contributed by atoms with Gasteiger partial charge in [-0.05, 0) is 12.8 Å². The number of hydrogen-bond donors (Lipinski definition) is 0. The molecular weight excluding hydrogens is 212 g/mol. The van der Waals surface area contributed by atoms with Crippen molar-refractivity contribution >= 4 is 5.97 Å². The Bertz CT molecular complexity index is 160. The molecule has 16 heavy (non-hydrogen) atoms. The molecule has 5 nitrogen and oxygen atoms in total. The van der Waals surface area contributed by atoms with E-state index in [-0.39, 0.29) is 5.97 Å². The van der Waals surface area contributed by atoms with Gasteiger partial charge in [0.2, 0.25) is 0 Å². The molecule has 0 aromatic rings. The Morgan fingerprint density at radius 3 is 2.06 bits per heavy atom. The summed E-state index contributed by atoms with van der Waals surface area (Å²) in [6, 6.07) is 0. The van der Waals surface area contributed by atoms with Crippen molar-refractivity contribution in [3.05, 3.63) is 0 Å². The van der Waals surface area contributed by atoms with Gasteiger partial charge in [-0.1, -0.05) is 0 Å². The van der Waals surface area contributed by atoms with Gasteiger partial charge in [-0.15, -0.1) is 0 Å². The van der Waals surface area contributed by atoms with Crippen LogP contribution in [-0.2, 0) is 23.7 Å². The molecule has 0 saturated heterocycles. The van der Waals surface area contributed by atoms with Crippen molar-refractivity contribution in [2.75, 3.05) is 47.3 Å². The van der Waals surface area contributed by atoms with Crippen molar-refractivity contribution in [1.29, 1.82) is 0 Å². The van der Waals surface area contributed by atoms with Gasteiger partial charge in [0.25, 0.3) is 0 Å². The van der Waals surface area contributed by atoms with Crippen LogP contribution in [0.15, 0.2) is 0 Å². The molecule has 0 rings (SSSR count). The summed E-state index contributed by atoms with van der Waals surface area (Å²) in [5.41, 5.74) is 0. The van der Waals surface area contributed by atoms with Crippen LogP contribution in [0, 0.1) is 0 Å². The van der Waals surface area contributed by atoms with Gasteiger partial charge in [0.1, 0.15) is 0 Å². The smallest absolute Gasteiger partial charge is 0.305 e. The molecule has 0 spiro atoms. The van der Waals surface area contributed by atoms with Crippen LogP contribution in [0.1, 0.15) is 19.3 Å². The standard InChI is InChI=1S/C11H22O5/c1-13-6-4-8-16-10-9-15-7-3-5-11(12)14-2/h3-10H2,1-2H3. The topological polar surface area (TPSA) is 54.0 Å². The van der Waals surface area contributed by atoms with Crippen LogP contribution < -0.4 is 0 Å². The molecular formula is C11H22O5. The number of carbonyl (C=O) groups is 1. The van der Waals surface area contributed by atoms with E-state index in [1.165, 1.54) is 7.11 Å². The first-order valence-corrected chi connectivity index (χ1v) is 5.52. The largest absolute Gasteiger partial charge is 0.469 e. The summed E-state index contributed by atoms with van der Waals surface area (Å²) in [6.45, 7) is 3.13. The first-order chi connectivity index (χ1) is 7.81. The molecule has 5 heteroatoms. The molecule has 96 valence electrons. The predicted octanol–water partition coefficient (Wildman–Crippen LogP) is 1.01. The summed E-state index contributed by atoms with van der Waals surface area (Å²) >= 11 is 0. The van der Waals surface area contributed by atoms with Crippen LogP contribution in [-0.4, -0.2) is 53.2 Å². The monoisotopic (exact) mass is 234 g/mol. The summed E-state index contributed by atoms with van der Waals surface area (Å²) in [5.74, 6) is -0.195. The average Bonchev–Trinajstić information content (AvgIpc) is 2.31. The highest BCUT2D eigenvalue weighted by molar-refractivity contribution is 5.68. The van der Waals surface area contributed by atoms with Gasteiger partial charge in [0.05, 0.1) is 20.3 Å². The molecule has 0 saturated carbocycles. The minimum absolute atomic E-state index is 0.195. The molecule has 0 fully saturated rings. The van der Waals surface area contributed by atoms with E-state index in [0.717, 1.165) is 13.0 Å². The molecule has 0 unspecified atom stereocenters. The maximum atomic E-state index is 10.7. The van der Waals surface area contributed by atoms with Crippen LogP contribution in [0.5, 0.6) is 0 Å². The minimum atomic E-state index is -0.195. The first-order valence-electron chi connectivity index (χ1n) is 5.52. The van der Waals surface area contributed by atoms with Crippen molar-refractivity contribution < 1.29 is 23.7 Å². The van der Waals surface area contributed by atoms with Gasteiger partial charge in [0.15, 0.2) is 0 Å². The minimum Gasteiger partial charge on any atom is -0.469 e. The van der Waals surface area contributed by atoms with E-state index in [1.807, 2.05) is 0 Å². The summed E-state index contributed by atoms with van der Waals surface area (Å²) in [7, 11) is 3.06. The molecule has 0 heterocycles. The quantitative estimate of drug-likeness (QED) is 0.394. The summed E-state index contributed by atoms with van der Waals surface area (Å²) < 4.78 is 19.9. The van der Waals surface area contributed by atoms with Crippen LogP contribution in [0.2, 0.25) is 0 Å². The Balaban J connectivity index is 2.96. The number of ether oxygens (including phenoxy) is 4. The van der Waals surface area contributed by atoms with E-state index in [4.69, 9.17) is 14.2 Å². The second-order valence-electron chi connectivity index (χ2n) is 3.25. The second-order valence-corrected chi connectivity index (χ2v) is 3.25. The van der Waals surface area contributed by atoms with E-state index in [0.29, 0.717) is 39.3 Å². The Kier molecular flexibility index (Phi) is 11.9. The fourth-order valence-corrected chi connectivity index (χ4v) is 1.05. The van der Waals surface area contributed by atoms with Crippen molar-refractivity contribution in [3.8, 4) is 0 Å². The summed E-state index contributed by atoms with van der Waals surface area (Å²) in [6.07, 6.45) is 2.00. The number of carbonyl (C=O) groups excluding carboxylic acids is 1.